The molecular formula is C10H21NO. The van der Waals surface area contributed by atoms with Crippen LogP contribution in [-0.4, -0.2) is 36.2 Å². The first-order valence-corrected chi connectivity index (χ1v) is 4.80. The summed E-state index contributed by atoms with van der Waals surface area (Å²) in [6, 6.07) is 0. The Balaban J connectivity index is 2.30. The molecule has 0 radical (unpaired) electrons. The first kappa shape index (κ1) is 10.0. The second kappa shape index (κ2) is 3.35. The largest absolute Gasteiger partial charge is 0.389 e. The minimum absolute atomic E-state index is 0.377. The van der Waals surface area contributed by atoms with Crippen molar-refractivity contribution >= 4 is 0 Å². The number of nitrogens with zero attached hydrogens (tertiary/aromatic N) is 1. The molecule has 1 N–H and O–H groups in total. The molecule has 0 aromatic carbocycles. The highest BCUT2D eigenvalue weighted by Crippen LogP contribution is 2.42. The Bertz CT molecular complexity index is 148. The van der Waals surface area contributed by atoms with Gasteiger partial charge in [0.25, 0.3) is 0 Å². The maximum absolute atomic E-state index is 9.96. The zero-order valence-electron chi connectivity index (χ0n) is 8.67. The molecule has 0 aliphatic heterocycles. The van der Waals surface area contributed by atoms with E-state index in [-0.39, 0.29) is 5.60 Å². The molecule has 0 aromatic heterocycles. The number of likely N-dealkylation sites (N-methyl/N-ethyl adjacent to an activating group) is 1. The predicted octanol–water partition coefficient (Wildman–Crippen LogP) is 1.35. The summed E-state index contributed by atoms with van der Waals surface area (Å²) in [6.07, 6.45) is 1.98. The van der Waals surface area contributed by atoms with Crippen molar-refractivity contribution in [2.45, 2.75) is 32.3 Å². The van der Waals surface area contributed by atoms with Crippen molar-refractivity contribution in [3.63, 3.8) is 0 Å². The van der Waals surface area contributed by atoms with Gasteiger partial charge in [0.15, 0.2) is 0 Å². The van der Waals surface area contributed by atoms with Crippen molar-refractivity contribution in [2.75, 3.05) is 20.6 Å². The van der Waals surface area contributed by atoms with E-state index in [9.17, 15) is 5.11 Å². The third-order valence-corrected chi connectivity index (χ3v) is 2.84. The Morgan fingerprint density at radius 3 is 2.25 bits per heavy atom. The van der Waals surface area contributed by atoms with E-state index >= 15 is 0 Å². The van der Waals surface area contributed by atoms with Crippen LogP contribution >= 0.6 is 0 Å². The lowest BCUT2D eigenvalue weighted by molar-refractivity contribution is -0.0989. The Labute approximate surface area is 75.6 Å². The van der Waals surface area contributed by atoms with Gasteiger partial charge in [-0.15, -0.1) is 0 Å². The number of aliphatic hydroxyl groups is 1. The monoisotopic (exact) mass is 171 g/mol. The summed E-state index contributed by atoms with van der Waals surface area (Å²) in [5.41, 5.74) is -0.377. The molecule has 0 spiro atoms. The zero-order valence-corrected chi connectivity index (χ0v) is 8.67. The van der Waals surface area contributed by atoms with Gasteiger partial charge in [-0.3, -0.25) is 0 Å². The first-order valence-electron chi connectivity index (χ1n) is 4.80. The Morgan fingerprint density at radius 1 is 1.42 bits per heavy atom. The molecule has 0 bridgehead atoms. The van der Waals surface area contributed by atoms with E-state index in [0.717, 1.165) is 31.2 Å². The van der Waals surface area contributed by atoms with E-state index in [4.69, 9.17) is 0 Å². The van der Waals surface area contributed by atoms with E-state index in [0.29, 0.717) is 0 Å². The van der Waals surface area contributed by atoms with Gasteiger partial charge in [0, 0.05) is 6.54 Å². The summed E-state index contributed by atoms with van der Waals surface area (Å²) >= 11 is 0. The standard InChI is InChI=1S/C10H21NO/c1-8(2)9-5-10(12,6-9)7-11(3)4/h8-9,12H,5-7H2,1-4H3. The molecule has 0 aromatic rings. The Morgan fingerprint density at radius 2 is 1.92 bits per heavy atom. The van der Waals surface area contributed by atoms with Crippen molar-refractivity contribution in [3.8, 4) is 0 Å². The third-order valence-electron chi connectivity index (χ3n) is 2.84. The zero-order chi connectivity index (χ0) is 9.35. The topological polar surface area (TPSA) is 23.5 Å². The minimum Gasteiger partial charge on any atom is -0.389 e. The molecule has 1 aliphatic rings. The van der Waals surface area contributed by atoms with Crippen LogP contribution in [0.15, 0.2) is 0 Å². The van der Waals surface area contributed by atoms with Crippen LogP contribution in [0.3, 0.4) is 0 Å². The highest BCUT2D eigenvalue weighted by Gasteiger charge is 2.43. The quantitative estimate of drug-likeness (QED) is 0.693. The smallest absolute Gasteiger partial charge is 0.0779 e. The van der Waals surface area contributed by atoms with Gasteiger partial charge >= 0.3 is 0 Å². The summed E-state index contributed by atoms with van der Waals surface area (Å²) < 4.78 is 0. The Kier molecular flexibility index (Phi) is 2.79. The van der Waals surface area contributed by atoms with Gasteiger partial charge in [-0.05, 0) is 38.8 Å². The van der Waals surface area contributed by atoms with Gasteiger partial charge in [-0.2, -0.15) is 0 Å². The van der Waals surface area contributed by atoms with Crippen molar-refractivity contribution in [1.29, 1.82) is 0 Å². The van der Waals surface area contributed by atoms with Crippen LogP contribution in [0.5, 0.6) is 0 Å². The van der Waals surface area contributed by atoms with Crippen molar-refractivity contribution < 1.29 is 5.11 Å². The summed E-state index contributed by atoms with van der Waals surface area (Å²) in [5.74, 6) is 1.47. The van der Waals surface area contributed by atoms with E-state index in [1.807, 2.05) is 14.1 Å². The van der Waals surface area contributed by atoms with Crippen molar-refractivity contribution in [3.05, 3.63) is 0 Å². The molecule has 0 amide bonds. The first-order chi connectivity index (χ1) is 5.43. The number of hydrogen-bond acceptors (Lipinski definition) is 2. The van der Waals surface area contributed by atoms with E-state index in [1.54, 1.807) is 0 Å². The third kappa shape index (κ3) is 2.20. The molecule has 1 saturated carbocycles. The molecular weight excluding hydrogens is 150 g/mol. The highest BCUT2D eigenvalue weighted by molar-refractivity contribution is 4.96. The van der Waals surface area contributed by atoms with Crippen LogP contribution in [0.25, 0.3) is 0 Å². The molecule has 0 heterocycles. The van der Waals surface area contributed by atoms with E-state index in [1.165, 1.54) is 0 Å². The SMILES string of the molecule is CC(C)C1CC(O)(CN(C)C)C1. The molecule has 2 nitrogen and oxygen atoms in total. The van der Waals surface area contributed by atoms with Gasteiger partial charge < -0.3 is 10.0 Å². The summed E-state index contributed by atoms with van der Waals surface area (Å²) in [5, 5.41) is 9.96. The molecule has 12 heavy (non-hydrogen) atoms. The van der Waals surface area contributed by atoms with Crippen molar-refractivity contribution in [2.24, 2.45) is 11.8 Å². The molecule has 2 heteroatoms. The molecule has 0 unspecified atom stereocenters. The van der Waals surface area contributed by atoms with Crippen LogP contribution in [0, 0.1) is 11.8 Å². The second-order valence-corrected chi connectivity index (χ2v) is 4.87. The van der Waals surface area contributed by atoms with Crippen LogP contribution in [-0.2, 0) is 0 Å². The molecule has 0 atom stereocenters. The maximum Gasteiger partial charge on any atom is 0.0779 e. The Hall–Kier alpha value is -0.0800. The lowest BCUT2D eigenvalue weighted by Gasteiger charge is -2.47. The average Bonchev–Trinajstić information content (AvgIpc) is 1.80. The average molecular weight is 171 g/mol. The molecule has 1 aliphatic carbocycles. The molecule has 1 rings (SSSR count). The fourth-order valence-electron chi connectivity index (χ4n) is 2.11. The van der Waals surface area contributed by atoms with Gasteiger partial charge in [0.2, 0.25) is 0 Å². The molecule has 72 valence electrons. The summed E-state index contributed by atoms with van der Waals surface area (Å²) in [4.78, 5) is 2.07. The predicted molar refractivity (Wildman–Crippen MR) is 51.1 cm³/mol. The van der Waals surface area contributed by atoms with Crippen LogP contribution in [0.4, 0.5) is 0 Å². The number of hydrogen-bond donors (Lipinski definition) is 1. The van der Waals surface area contributed by atoms with Crippen molar-refractivity contribution in [1.82, 2.24) is 4.90 Å². The fourth-order valence-corrected chi connectivity index (χ4v) is 2.11. The summed E-state index contributed by atoms with van der Waals surface area (Å²) in [7, 11) is 4.03. The normalized spacial score (nSPS) is 35.8. The molecule has 0 saturated heterocycles. The summed E-state index contributed by atoms with van der Waals surface area (Å²) in [6.45, 7) is 5.29. The van der Waals surface area contributed by atoms with E-state index in [2.05, 4.69) is 18.7 Å². The minimum atomic E-state index is -0.377. The van der Waals surface area contributed by atoms with Crippen LogP contribution in [0.1, 0.15) is 26.7 Å². The number of rotatable bonds is 3. The molecule has 1 fully saturated rings. The maximum atomic E-state index is 9.96. The van der Waals surface area contributed by atoms with E-state index < -0.39 is 0 Å². The van der Waals surface area contributed by atoms with Gasteiger partial charge in [-0.1, -0.05) is 13.8 Å². The lowest BCUT2D eigenvalue weighted by Crippen LogP contribution is -2.52. The highest BCUT2D eigenvalue weighted by atomic mass is 16.3. The van der Waals surface area contributed by atoms with Crippen LogP contribution in [0.2, 0.25) is 0 Å². The van der Waals surface area contributed by atoms with Gasteiger partial charge in [0.1, 0.15) is 0 Å². The second-order valence-electron chi connectivity index (χ2n) is 4.87. The van der Waals surface area contributed by atoms with Gasteiger partial charge in [0.05, 0.1) is 5.60 Å². The lowest BCUT2D eigenvalue weighted by atomic mass is 9.66. The fraction of sp³-hybridized carbons (Fsp3) is 1.00. The van der Waals surface area contributed by atoms with Crippen LogP contribution < -0.4 is 0 Å². The van der Waals surface area contributed by atoms with Gasteiger partial charge in [-0.25, -0.2) is 0 Å².